The van der Waals surface area contributed by atoms with Gasteiger partial charge in [0.1, 0.15) is 0 Å². The van der Waals surface area contributed by atoms with Gasteiger partial charge in [0.05, 0.1) is 0 Å². The predicted octanol–water partition coefficient (Wildman–Crippen LogP) is 3.73. The fraction of sp³-hybridized carbons (Fsp3) is 0.500. The molecule has 2 rings (SSSR count). The molecule has 2 aromatic rings. The minimum absolute atomic E-state index is 0.607. The van der Waals surface area contributed by atoms with Crippen LogP contribution < -0.4 is 5.32 Å². The molecular weight excluding hydrogens is 220 g/mol. The number of hydrogen-bond donors (Lipinski definition) is 2. The van der Waals surface area contributed by atoms with E-state index in [9.17, 15) is 0 Å². The second kappa shape index (κ2) is 6.05. The molecule has 1 aromatic heterocycles. The van der Waals surface area contributed by atoms with Crippen LogP contribution in [-0.4, -0.2) is 17.6 Å². The van der Waals surface area contributed by atoms with E-state index in [-0.39, 0.29) is 0 Å². The zero-order valence-electron chi connectivity index (χ0n) is 11.7. The summed E-state index contributed by atoms with van der Waals surface area (Å²) in [5, 5.41) is 4.96. The first-order valence-electron chi connectivity index (χ1n) is 6.95. The van der Waals surface area contributed by atoms with Crippen molar-refractivity contribution < 1.29 is 0 Å². The van der Waals surface area contributed by atoms with Gasteiger partial charge in [0, 0.05) is 23.1 Å². The molecule has 1 atom stereocenters. The molecule has 0 fully saturated rings. The van der Waals surface area contributed by atoms with Crippen molar-refractivity contribution in [2.45, 2.75) is 39.7 Å². The van der Waals surface area contributed by atoms with E-state index in [2.05, 4.69) is 61.5 Å². The molecule has 0 saturated heterocycles. The highest BCUT2D eigenvalue weighted by Gasteiger charge is 2.05. The molecule has 0 aliphatic rings. The molecule has 2 heteroatoms. The van der Waals surface area contributed by atoms with Crippen molar-refractivity contribution in [3.63, 3.8) is 0 Å². The van der Waals surface area contributed by atoms with Gasteiger partial charge in [-0.3, -0.25) is 0 Å². The highest BCUT2D eigenvalue weighted by Crippen LogP contribution is 2.17. The number of benzene rings is 1. The maximum Gasteiger partial charge on any atom is 0.0456 e. The van der Waals surface area contributed by atoms with E-state index in [0.717, 1.165) is 18.9 Å². The van der Waals surface area contributed by atoms with Crippen molar-refractivity contribution in [2.24, 2.45) is 5.92 Å². The van der Waals surface area contributed by atoms with Crippen LogP contribution in [0.25, 0.3) is 10.9 Å². The topological polar surface area (TPSA) is 27.8 Å². The van der Waals surface area contributed by atoms with Crippen molar-refractivity contribution in [2.75, 3.05) is 6.54 Å². The number of aromatic nitrogens is 1. The number of hydrogen-bond acceptors (Lipinski definition) is 1. The molecule has 0 spiro atoms. The molecule has 1 aromatic carbocycles. The van der Waals surface area contributed by atoms with Crippen molar-refractivity contribution in [1.29, 1.82) is 0 Å². The third kappa shape index (κ3) is 3.36. The van der Waals surface area contributed by atoms with Crippen LogP contribution in [0.4, 0.5) is 0 Å². The van der Waals surface area contributed by atoms with Crippen molar-refractivity contribution >= 4 is 10.9 Å². The monoisotopic (exact) mass is 244 g/mol. The van der Waals surface area contributed by atoms with Gasteiger partial charge in [0.2, 0.25) is 0 Å². The molecule has 0 aliphatic heterocycles. The van der Waals surface area contributed by atoms with Gasteiger partial charge in [-0.05, 0) is 43.9 Å². The number of aromatic amines is 1. The maximum absolute atomic E-state index is 3.60. The third-order valence-corrected chi connectivity index (χ3v) is 3.39. The fourth-order valence-corrected chi connectivity index (χ4v) is 2.58. The first kappa shape index (κ1) is 13.2. The van der Waals surface area contributed by atoms with Crippen LogP contribution in [0.1, 0.15) is 32.8 Å². The SMILES string of the molecule is CC(C)CC(C)NCCc1c[nH]c2ccccc12. The summed E-state index contributed by atoms with van der Waals surface area (Å²) < 4.78 is 0. The summed E-state index contributed by atoms with van der Waals surface area (Å²) in [6.07, 6.45) is 4.47. The second-order valence-electron chi connectivity index (χ2n) is 5.59. The van der Waals surface area contributed by atoms with Gasteiger partial charge in [-0.15, -0.1) is 0 Å². The summed E-state index contributed by atoms with van der Waals surface area (Å²) in [5.41, 5.74) is 2.65. The summed E-state index contributed by atoms with van der Waals surface area (Å²) >= 11 is 0. The first-order valence-corrected chi connectivity index (χ1v) is 6.95. The van der Waals surface area contributed by atoms with Crippen LogP contribution >= 0.6 is 0 Å². The van der Waals surface area contributed by atoms with E-state index < -0.39 is 0 Å². The van der Waals surface area contributed by atoms with E-state index in [1.54, 1.807) is 0 Å². The van der Waals surface area contributed by atoms with Crippen LogP contribution in [0.2, 0.25) is 0 Å². The Morgan fingerprint density at radius 2 is 1.94 bits per heavy atom. The standard InChI is InChI=1S/C16H24N2/c1-12(2)10-13(3)17-9-8-14-11-18-16-7-5-4-6-15(14)16/h4-7,11-13,17-18H,8-10H2,1-3H3. The van der Waals surface area contributed by atoms with Gasteiger partial charge in [0.25, 0.3) is 0 Å². The van der Waals surface area contributed by atoms with E-state index in [4.69, 9.17) is 0 Å². The molecule has 0 bridgehead atoms. The van der Waals surface area contributed by atoms with Crippen LogP contribution in [0.3, 0.4) is 0 Å². The maximum atomic E-state index is 3.60. The molecule has 0 radical (unpaired) electrons. The number of H-pyrrole nitrogens is 1. The van der Waals surface area contributed by atoms with Crippen LogP contribution in [0.5, 0.6) is 0 Å². The van der Waals surface area contributed by atoms with Gasteiger partial charge in [-0.25, -0.2) is 0 Å². The highest BCUT2D eigenvalue weighted by molar-refractivity contribution is 5.83. The Balaban J connectivity index is 1.87. The molecule has 18 heavy (non-hydrogen) atoms. The number of para-hydroxylation sites is 1. The van der Waals surface area contributed by atoms with Crippen molar-refractivity contribution in [3.8, 4) is 0 Å². The Morgan fingerprint density at radius 1 is 1.17 bits per heavy atom. The lowest BCUT2D eigenvalue weighted by Gasteiger charge is -2.15. The number of rotatable bonds is 6. The Bertz CT molecular complexity index is 485. The molecule has 2 N–H and O–H groups in total. The van der Waals surface area contributed by atoms with E-state index in [1.165, 1.54) is 22.9 Å². The normalized spacial score (nSPS) is 13.3. The third-order valence-electron chi connectivity index (χ3n) is 3.39. The average Bonchev–Trinajstić information content (AvgIpc) is 2.72. The van der Waals surface area contributed by atoms with Crippen LogP contribution in [0, 0.1) is 5.92 Å². The summed E-state index contributed by atoms with van der Waals surface area (Å²) in [7, 11) is 0. The van der Waals surface area contributed by atoms with Gasteiger partial charge in [-0.2, -0.15) is 0 Å². The van der Waals surface area contributed by atoms with Gasteiger partial charge >= 0.3 is 0 Å². The molecule has 0 aliphatic carbocycles. The number of fused-ring (bicyclic) bond motifs is 1. The Labute approximate surface area is 110 Å². The van der Waals surface area contributed by atoms with Gasteiger partial charge < -0.3 is 10.3 Å². The Morgan fingerprint density at radius 3 is 2.72 bits per heavy atom. The quantitative estimate of drug-likeness (QED) is 0.796. The minimum Gasteiger partial charge on any atom is -0.361 e. The smallest absolute Gasteiger partial charge is 0.0456 e. The average molecular weight is 244 g/mol. The highest BCUT2D eigenvalue weighted by atomic mass is 14.9. The Hall–Kier alpha value is -1.28. The zero-order chi connectivity index (χ0) is 13.0. The lowest BCUT2D eigenvalue weighted by molar-refractivity contribution is 0.445. The van der Waals surface area contributed by atoms with E-state index in [0.29, 0.717) is 6.04 Å². The summed E-state index contributed by atoms with van der Waals surface area (Å²) in [5.74, 6) is 0.764. The zero-order valence-corrected chi connectivity index (χ0v) is 11.7. The van der Waals surface area contributed by atoms with Crippen molar-refractivity contribution in [1.82, 2.24) is 10.3 Å². The predicted molar refractivity (Wildman–Crippen MR) is 78.9 cm³/mol. The summed E-state index contributed by atoms with van der Waals surface area (Å²) in [6, 6.07) is 9.11. The largest absolute Gasteiger partial charge is 0.361 e. The first-order chi connectivity index (χ1) is 8.66. The molecule has 0 amide bonds. The van der Waals surface area contributed by atoms with Crippen molar-refractivity contribution in [3.05, 3.63) is 36.0 Å². The fourth-order valence-electron chi connectivity index (χ4n) is 2.58. The van der Waals surface area contributed by atoms with Gasteiger partial charge in [0.15, 0.2) is 0 Å². The Kier molecular flexibility index (Phi) is 4.43. The van der Waals surface area contributed by atoms with Gasteiger partial charge in [-0.1, -0.05) is 32.0 Å². The minimum atomic E-state index is 0.607. The molecule has 1 unspecified atom stereocenters. The number of nitrogens with one attached hydrogen (secondary N) is 2. The van der Waals surface area contributed by atoms with Crippen LogP contribution in [-0.2, 0) is 6.42 Å². The van der Waals surface area contributed by atoms with E-state index >= 15 is 0 Å². The molecule has 2 nitrogen and oxygen atoms in total. The summed E-state index contributed by atoms with van der Waals surface area (Å²) in [6.45, 7) is 7.88. The van der Waals surface area contributed by atoms with Crippen LogP contribution in [0.15, 0.2) is 30.5 Å². The summed E-state index contributed by atoms with van der Waals surface area (Å²) in [4.78, 5) is 3.33. The second-order valence-corrected chi connectivity index (χ2v) is 5.59. The lowest BCUT2D eigenvalue weighted by Crippen LogP contribution is -2.29. The lowest BCUT2D eigenvalue weighted by atomic mass is 10.0. The van der Waals surface area contributed by atoms with E-state index in [1.807, 2.05) is 0 Å². The molecule has 1 heterocycles. The molecule has 98 valence electrons. The molecule has 0 saturated carbocycles. The molecular formula is C16H24N2.